The van der Waals surface area contributed by atoms with Crippen LogP contribution in [0.15, 0.2) is 58.9 Å². The SMILES string of the molecule is Cc1ccc(C)c(S(=O)(=O)NCc2cccnc2-c2cccs2)c1. The molecule has 0 unspecified atom stereocenters. The molecule has 3 aromatic rings. The van der Waals surface area contributed by atoms with Gasteiger partial charge in [0.15, 0.2) is 0 Å². The van der Waals surface area contributed by atoms with E-state index >= 15 is 0 Å². The third kappa shape index (κ3) is 3.56. The monoisotopic (exact) mass is 358 g/mol. The van der Waals surface area contributed by atoms with Crippen molar-refractivity contribution in [3.05, 3.63) is 70.7 Å². The maximum Gasteiger partial charge on any atom is 0.241 e. The molecule has 4 nitrogen and oxygen atoms in total. The average Bonchev–Trinajstić information content (AvgIpc) is 3.10. The molecule has 0 aliphatic rings. The molecule has 0 aliphatic carbocycles. The summed E-state index contributed by atoms with van der Waals surface area (Å²) in [7, 11) is -3.57. The molecule has 0 fully saturated rings. The van der Waals surface area contributed by atoms with Crippen LogP contribution in [0.5, 0.6) is 0 Å². The van der Waals surface area contributed by atoms with Crippen LogP contribution in [-0.2, 0) is 16.6 Å². The van der Waals surface area contributed by atoms with Crippen molar-refractivity contribution in [3.8, 4) is 10.6 Å². The number of rotatable bonds is 5. The van der Waals surface area contributed by atoms with Crippen molar-refractivity contribution in [1.29, 1.82) is 0 Å². The van der Waals surface area contributed by atoms with Gasteiger partial charge in [-0.15, -0.1) is 11.3 Å². The molecule has 0 atom stereocenters. The molecular weight excluding hydrogens is 340 g/mol. The first-order valence-corrected chi connectivity index (χ1v) is 9.88. The number of aryl methyl sites for hydroxylation is 2. The van der Waals surface area contributed by atoms with Crippen molar-refractivity contribution < 1.29 is 8.42 Å². The van der Waals surface area contributed by atoms with E-state index in [9.17, 15) is 8.42 Å². The largest absolute Gasteiger partial charge is 0.255 e. The Bertz CT molecular complexity index is 949. The van der Waals surface area contributed by atoms with Gasteiger partial charge in [0.1, 0.15) is 0 Å². The van der Waals surface area contributed by atoms with E-state index in [1.54, 1.807) is 30.5 Å². The molecule has 0 saturated heterocycles. The van der Waals surface area contributed by atoms with Crippen molar-refractivity contribution in [3.63, 3.8) is 0 Å². The van der Waals surface area contributed by atoms with Gasteiger partial charge in [0.25, 0.3) is 0 Å². The van der Waals surface area contributed by atoms with Crippen LogP contribution in [0, 0.1) is 13.8 Å². The van der Waals surface area contributed by atoms with Crippen LogP contribution in [0.4, 0.5) is 0 Å². The zero-order valence-electron chi connectivity index (χ0n) is 13.5. The van der Waals surface area contributed by atoms with Crippen LogP contribution in [0.3, 0.4) is 0 Å². The molecule has 0 aliphatic heterocycles. The Hall–Kier alpha value is -2.02. The first kappa shape index (κ1) is 16.8. The zero-order valence-corrected chi connectivity index (χ0v) is 15.1. The Morgan fingerprint density at radius 1 is 1.12 bits per heavy atom. The molecule has 24 heavy (non-hydrogen) atoms. The second-order valence-electron chi connectivity index (χ2n) is 5.58. The number of pyridine rings is 1. The summed E-state index contributed by atoms with van der Waals surface area (Å²) < 4.78 is 28.0. The maximum atomic E-state index is 12.6. The van der Waals surface area contributed by atoms with Crippen molar-refractivity contribution in [2.24, 2.45) is 0 Å². The third-order valence-electron chi connectivity index (χ3n) is 3.73. The van der Waals surface area contributed by atoms with Crippen LogP contribution in [0.2, 0.25) is 0 Å². The number of sulfonamides is 1. The molecule has 124 valence electrons. The lowest BCUT2D eigenvalue weighted by Crippen LogP contribution is -2.24. The molecule has 0 amide bonds. The number of hydrogen-bond donors (Lipinski definition) is 1. The van der Waals surface area contributed by atoms with Crippen molar-refractivity contribution >= 4 is 21.4 Å². The molecule has 2 heterocycles. The van der Waals surface area contributed by atoms with Gasteiger partial charge in [0.05, 0.1) is 15.5 Å². The van der Waals surface area contributed by atoms with Crippen LogP contribution in [-0.4, -0.2) is 13.4 Å². The van der Waals surface area contributed by atoms with Gasteiger partial charge in [-0.25, -0.2) is 13.1 Å². The lowest BCUT2D eigenvalue weighted by atomic mass is 10.2. The summed E-state index contributed by atoms with van der Waals surface area (Å²) in [4.78, 5) is 5.75. The number of hydrogen-bond acceptors (Lipinski definition) is 4. The summed E-state index contributed by atoms with van der Waals surface area (Å²) in [6.07, 6.45) is 1.72. The fraction of sp³-hybridized carbons (Fsp3) is 0.167. The van der Waals surface area contributed by atoms with Crippen LogP contribution < -0.4 is 4.72 Å². The van der Waals surface area contributed by atoms with Crippen LogP contribution >= 0.6 is 11.3 Å². The molecule has 6 heteroatoms. The number of thiophene rings is 1. The number of nitrogens with zero attached hydrogens (tertiary/aromatic N) is 1. The topological polar surface area (TPSA) is 59.1 Å². The van der Waals surface area contributed by atoms with Gasteiger partial charge in [0.2, 0.25) is 10.0 Å². The highest BCUT2D eigenvalue weighted by molar-refractivity contribution is 7.89. The van der Waals surface area contributed by atoms with Crippen molar-refractivity contribution in [1.82, 2.24) is 9.71 Å². The van der Waals surface area contributed by atoms with E-state index in [-0.39, 0.29) is 6.54 Å². The summed E-state index contributed by atoms with van der Waals surface area (Å²) in [5.41, 5.74) is 3.32. The standard InChI is InChI=1S/C18H18N2O2S2/c1-13-7-8-14(2)17(11-13)24(21,22)20-12-15-5-3-9-19-18(15)16-6-4-10-23-16/h3-11,20H,12H2,1-2H3. The second-order valence-corrected chi connectivity index (χ2v) is 8.27. The Labute approximate surface area is 146 Å². The molecule has 1 aromatic carbocycles. The average molecular weight is 358 g/mol. The zero-order chi connectivity index (χ0) is 17.2. The molecule has 1 N–H and O–H groups in total. The van der Waals surface area contributed by atoms with E-state index in [4.69, 9.17) is 0 Å². The van der Waals surface area contributed by atoms with E-state index in [1.165, 1.54) is 0 Å². The highest BCUT2D eigenvalue weighted by Gasteiger charge is 2.18. The summed E-state index contributed by atoms with van der Waals surface area (Å²) >= 11 is 1.58. The van der Waals surface area contributed by atoms with E-state index < -0.39 is 10.0 Å². The summed E-state index contributed by atoms with van der Waals surface area (Å²) in [6, 6.07) is 13.1. The summed E-state index contributed by atoms with van der Waals surface area (Å²) in [5, 5.41) is 1.98. The normalized spacial score (nSPS) is 11.6. The Morgan fingerprint density at radius 3 is 2.71 bits per heavy atom. The van der Waals surface area contributed by atoms with Crippen LogP contribution in [0.1, 0.15) is 16.7 Å². The smallest absolute Gasteiger partial charge is 0.241 e. The number of aromatic nitrogens is 1. The molecule has 0 bridgehead atoms. The van der Waals surface area contributed by atoms with E-state index in [0.29, 0.717) is 4.90 Å². The van der Waals surface area contributed by atoms with Gasteiger partial charge in [0, 0.05) is 12.7 Å². The lowest BCUT2D eigenvalue weighted by Gasteiger charge is -2.12. The minimum atomic E-state index is -3.57. The summed E-state index contributed by atoms with van der Waals surface area (Å²) in [5.74, 6) is 0. The minimum absolute atomic E-state index is 0.205. The fourth-order valence-corrected chi connectivity index (χ4v) is 4.55. The lowest BCUT2D eigenvalue weighted by molar-refractivity contribution is 0.580. The van der Waals surface area contributed by atoms with Crippen molar-refractivity contribution in [2.75, 3.05) is 0 Å². The highest BCUT2D eigenvalue weighted by atomic mass is 32.2. The molecular formula is C18H18N2O2S2. The fourth-order valence-electron chi connectivity index (χ4n) is 2.46. The Kier molecular flexibility index (Phi) is 4.80. The Balaban J connectivity index is 1.87. The van der Waals surface area contributed by atoms with Gasteiger partial charge in [-0.1, -0.05) is 24.3 Å². The number of nitrogens with one attached hydrogen (secondary N) is 1. The highest BCUT2D eigenvalue weighted by Crippen LogP contribution is 2.26. The van der Waals surface area contributed by atoms with Gasteiger partial charge in [-0.2, -0.15) is 0 Å². The van der Waals surface area contributed by atoms with E-state index in [1.807, 2.05) is 48.7 Å². The summed E-state index contributed by atoms with van der Waals surface area (Å²) in [6.45, 7) is 3.89. The van der Waals surface area contributed by atoms with Gasteiger partial charge >= 0.3 is 0 Å². The quantitative estimate of drug-likeness (QED) is 0.752. The van der Waals surface area contributed by atoms with E-state index in [0.717, 1.165) is 27.3 Å². The maximum absolute atomic E-state index is 12.6. The molecule has 2 aromatic heterocycles. The van der Waals surface area contributed by atoms with Gasteiger partial charge < -0.3 is 0 Å². The Morgan fingerprint density at radius 2 is 1.96 bits per heavy atom. The first-order valence-electron chi connectivity index (χ1n) is 7.52. The predicted octanol–water partition coefficient (Wildman–Crippen LogP) is 3.91. The van der Waals surface area contributed by atoms with Crippen LogP contribution in [0.25, 0.3) is 10.6 Å². The second kappa shape index (κ2) is 6.84. The third-order valence-corrected chi connectivity index (χ3v) is 6.15. The van der Waals surface area contributed by atoms with Gasteiger partial charge in [-0.05, 0) is 54.1 Å². The first-order chi connectivity index (χ1) is 11.5. The molecule has 0 spiro atoms. The van der Waals surface area contributed by atoms with Crippen molar-refractivity contribution in [2.45, 2.75) is 25.3 Å². The molecule has 0 saturated carbocycles. The van der Waals surface area contributed by atoms with Gasteiger partial charge in [-0.3, -0.25) is 4.98 Å². The van der Waals surface area contributed by atoms with E-state index in [2.05, 4.69) is 9.71 Å². The number of benzene rings is 1. The molecule has 3 rings (SSSR count). The molecule has 0 radical (unpaired) electrons. The predicted molar refractivity (Wildman–Crippen MR) is 97.5 cm³/mol. The minimum Gasteiger partial charge on any atom is -0.255 e.